The number of benzene rings is 1. The topological polar surface area (TPSA) is 137 Å². The smallest absolute Gasteiger partial charge is 0.292 e. The number of anilines is 2. The zero-order chi connectivity index (χ0) is 24.5. The van der Waals surface area contributed by atoms with Gasteiger partial charge in [0.25, 0.3) is 11.7 Å². The second-order valence-corrected chi connectivity index (χ2v) is 8.79. The van der Waals surface area contributed by atoms with Crippen molar-refractivity contribution in [1.82, 2.24) is 40.2 Å². The van der Waals surface area contributed by atoms with Gasteiger partial charge in [-0.1, -0.05) is 43.6 Å². The number of hydrogen-bond donors (Lipinski definition) is 2. The lowest BCUT2D eigenvalue weighted by atomic mass is 9.97. The Labute approximate surface area is 198 Å². The molecule has 0 saturated heterocycles. The van der Waals surface area contributed by atoms with Crippen molar-refractivity contribution in [3.05, 3.63) is 59.0 Å². The van der Waals surface area contributed by atoms with E-state index in [1.54, 1.807) is 30.2 Å². The Hall–Kier alpha value is -3.93. The zero-order valence-electron chi connectivity index (χ0n) is 18.8. The number of rotatable bonds is 6. The van der Waals surface area contributed by atoms with Crippen LogP contribution in [0, 0.1) is 5.82 Å². The second kappa shape index (κ2) is 9.14. The number of aryl methyl sites for hydroxylation is 1. The molecule has 11 nitrogen and oxygen atoms in total. The predicted molar refractivity (Wildman–Crippen MR) is 121 cm³/mol. The van der Waals surface area contributed by atoms with Crippen LogP contribution < -0.4 is 10.6 Å². The highest BCUT2D eigenvalue weighted by molar-refractivity contribution is 6.31. The fourth-order valence-corrected chi connectivity index (χ4v) is 3.11. The van der Waals surface area contributed by atoms with Crippen molar-refractivity contribution in [2.45, 2.75) is 32.7 Å². The van der Waals surface area contributed by atoms with Crippen LogP contribution in [-0.4, -0.2) is 40.8 Å². The van der Waals surface area contributed by atoms with Crippen LogP contribution in [0.1, 0.15) is 42.8 Å². The van der Waals surface area contributed by atoms with Crippen LogP contribution in [0.4, 0.5) is 16.0 Å². The fraction of sp³-hybridized carbons (Fsp3) is 0.286. The highest BCUT2D eigenvalue weighted by Gasteiger charge is 2.24. The summed E-state index contributed by atoms with van der Waals surface area (Å²) in [5, 5.41) is 13.2. The predicted octanol–water partition coefficient (Wildman–Crippen LogP) is 3.42. The molecular formula is C21H21ClFN9O2. The number of aromatic nitrogens is 7. The van der Waals surface area contributed by atoms with Crippen molar-refractivity contribution in [3.8, 4) is 11.4 Å². The van der Waals surface area contributed by atoms with E-state index in [9.17, 15) is 4.79 Å². The Morgan fingerprint density at radius 2 is 2.03 bits per heavy atom. The van der Waals surface area contributed by atoms with E-state index in [0.717, 1.165) is 0 Å². The molecule has 3 aromatic heterocycles. The summed E-state index contributed by atoms with van der Waals surface area (Å²) in [7, 11) is 1.77. The van der Waals surface area contributed by atoms with E-state index in [-0.39, 0.29) is 34.7 Å². The fourth-order valence-electron chi connectivity index (χ4n) is 2.87. The molecular weight excluding hydrogens is 465 g/mol. The zero-order valence-corrected chi connectivity index (χ0v) is 19.6. The number of carbonyl (C=O) groups is 1. The molecule has 0 aliphatic rings. The van der Waals surface area contributed by atoms with Gasteiger partial charge in [-0.2, -0.15) is 15.1 Å². The van der Waals surface area contributed by atoms with Gasteiger partial charge in [0.2, 0.25) is 11.8 Å². The molecule has 0 saturated carbocycles. The first kappa shape index (κ1) is 23.2. The molecule has 34 heavy (non-hydrogen) atoms. The molecule has 0 unspecified atom stereocenters. The lowest BCUT2D eigenvalue weighted by Gasteiger charge is -2.10. The van der Waals surface area contributed by atoms with Crippen molar-refractivity contribution < 1.29 is 13.7 Å². The van der Waals surface area contributed by atoms with Crippen LogP contribution in [0.15, 0.2) is 35.4 Å². The van der Waals surface area contributed by atoms with Crippen LogP contribution in [0.25, 0.3) is 11.4 Å². The average molecular weight is 486 g/mol. The van der Waals surface area contributed by atoms with Crippen molar-refractivity contribution >= 4 is 29.1 Å². The van der Waals surface area contributed by atoms with E-state index in [2.05, 4.69) is 40.8 Å². The molecule has 0 aliphatic heterocycles. The van der Waals surface area contributed by atoms with Gasteiger partial charge in [-0.15, -0.1) is 0 Å². The van der Waals surface area contributed by atoms with Crippen LogP contribution >= 0.6 is 11.6 Å². The van der Waals surface area contributed by atoms with E-state index >= 15 is 4.39 Å². The van der Waals surface area contributed by atoms with Gasteiger partial charge in [0, 0.05) is 25.2 Å². The number of hydrogen-bond acceptors (Lipinski definition) is 9. The first-order valence-corrected chi connectivity index (χ1v) is 10.5. The third-order valence-electron chi connectivity index (χ3n) is 4.65. The van der Waals surface area contributed by atoms with Crippen LogP contribution in [0.2, 0.25) is 5.02 Å². The number of amides is 1. The van der Waals surface area contributed by atoms with Gasteiger partial charge in [0.1, 0.15) is 6.33 Å². The standard InChI is InChI=1S/C21H21ClFN9O2/c1-21(2,3)19-29-17(31-34-19)18(33)24-7-11-5-6-13(15(23)14(11)22)16-25-10-26-20(30-16)28-12-8-27-32(4)9-12/h5-6,8-10H,7H2,1-4H3,(H,24,33)(H,25,26,28,30). The third-order valence-corrected chi connectivity index (χ3v) is 5.05. The second-order valence-electron chi connectivity index (χ2n) is 8.42. The van der Waals surface area contributed by atoms with Crippen LogP contribution in [-0.2, 0) is 19.0 Å². The van der Waals surface area contributed by atoms with Crippen LogP contribution in [0.3, 0.4) is 0 Å². The molecule has 0 aliphatic carbocycles. The Morgan fingerprint density at radius 3 is 2.71 bits per heavy atom. The maximum Gasteiger partial charge on any atom is 0.292 e. The van der Waals surface area contributed by atoms with Gasteiger partial charge in [-0.3, -0.25) is 9.48 Å². The molecule has 1 amide bonds. The number of nitrogens with zero attached hydrogens (tertiary/aromatic N) is 7. The summed E-state index contributed by atoms with van der Waals surface area (Å²) in [5.74, 6) is -0.750. The van der Waals surface area contributed by atoms with Crippen molar-refractivity contribution in [2.75, 3.05) is 5.32 Å². The highest BCUT2D eigenvalue weighted by Crippen LogP contribution is 2.29. The summed E-state index contributed by atoms with van der Waals surface area (Å²) in [6.07, 6.45) is 4.60. The minimum Gasteiger partial charge on any atom is -0.345 e. The highest BCUT2D eigenvalue weighted by atomic mass is 35.5. The van der Waals surface area contributed by atoms with E-state index in [0.29, 0.717) is 17.1 Å². The summed E-state index contributed by atoms with van der Waals surface area (Å²) in [6, 6.07) is 3.06. The van der Waals surface area contributed by atoms with E-state index in [4.69, 9.17) is 16.1 Å². The van der Waals surface area contributed by atoms with Gasteiger partial charge >= 0.3 is 0 Å². The van der Waals surface area contributed by atoms with Crippen LogP contribution in [0.5, 0.6) is 0 Å². The minimum absolute atomic E-state index is 0.0424. The Bertz CT molecular complexity index is 1350. The average Bonchev–Trinajstić information content (AvgIpc) is 3.44. The Morgan fingerprint density at radius 1 is 1.24 bits per heavy atom. The largest absolute Gasteiger partial charge is 0.345 e. The molecule has 13 heteroatoms. The maximum absolute atomic E-state index is 15.1. The number of halogens is 2. The number of nitrogens with one attached hydrogen (secondary N) is 2. The van der Waals surface area contributed by atoms with Gasteiger partial charge in [-0.05, 0) is 11.6 Å². The molecule has 0 atom stereocenters. The lowest BCUT2D eigenvalue weighted by Crippen LogP contribution is -2.24. The molecule has 1 aromatic carbocycles. The molecule has 3 heterocycles. The van der Waals surface area contributed by atoms with Gasteiger partial charge in [-0.25, -0.2) is 14.4 Å². The molecule has 4 rings (SSSR count). The Kier molecular flexibility index (Phi) is 6.24. The minimum atomic E-state index is -0.721. The first-order valence-electron chi connectivity index (χ1n) is 10.2. The summed E-state index contributed by atoms with van der Waals surface area (Å²) in [6.45, 7) is 5.61. The van der Waals surface area contributed by atoms with Gasteiger partial charge < -0.3 is 15.2 Å². The monoisotopic (exact) mass is 485 g/mol. The van der Waals surface area contributed by atoms with E-state index in [1.165, 1.54) is 12.4 Å². The molecule has 2 N–H and O–H groups in total. The quantitative estimate of drug-likeness (QED) is 0.420. The SMILES string of the molecule is Cn1cc(Nc2ncnc(-c3ccc(CNC(=O)c4noc(C(C)(C)C)n4)c(Cl)c3F)n2)cn1. The third kappa shape index (κ3) is 5.01. The summed E-state index contributed by atoms with van der Waals surface area (Å²) in [4.78, 5) is 28.8. The maximum atomic E-state index is 15.1. The summed E-state index contributed by atoms with van der Waals surface area (Å²) in [5.41, 5.74) is 0.722. The molecule has 0 fully saturated rings. The molecule has 0 bridgehead atoms. The Balaban J connectivity index is 1.48. The van der Waals surface area contributed by atoms with Crippen molar-refractivity contribution in [3.63, 3.8) is 0 Å². The van der Waals surface area contributed by atoms with Gasteiger partial charge in [0.05, 0.1) is 22.5 Å². The summed E-state index contributed by atoms with van der Waals surface area (Å²) >= 11 is 6.24. The normalized spacial score (nSPS) is 11.5. The van der Waals surface area contributed by atoms with E-state index in [1.807, 2.05) is 20.8 Å². The van der Waals surface area contributed by atoms with Crippen molar-refractivity contribution in [1.29, 1.82) is 0 Å². The molecule has 4 aromatic rings. The van der Waals surface area contributed by atoms with Crippen molar-refractivity contribution in [2.24, 2.45) is 7.05 Å². The molecule has 176 valence electrons. The summed E-state index contributed by atoms with van der Waals surface area (Å²) < 4.78 is 21.8. The molecule has 0 radical (unpaired) electrons. The first-order chi connectivity index (χ1) is 16.1. The molecule has 0 spiro atoms. The number of carbonyl (C=O) groups excluding carboxylic acids is 1. The lowest BCUT2D eigenvalue weighted by molar-refractivity contribution is 0.0937. The van der Waals surface area contributed by atoms with Gasteiger partial charge in [0.15, 0.2) is 11.6 Å². The van der Waals surface area contributed by atoms with E-state index < -0.39 is 17.1 Å².